The van der Waals surface area contributed by atoms with E-state index < -0.39 is 28.5 Å². The van der Waals surface area contributed by atoms with Crippen LogP contribution in [-0.2, 0) is 32.6 Å². The summed E-state index contributed by atoms with van der Waals surface area (Å²) in [4.78, 5) is 30.1. The molecule has 4 aromatic rings. The molecule has 4 aromatic carbocycles. The number of hydrogen-bond donors (Lipinski definition) is 1. The molecule has 0 fully saturated rings. The zero-order valence-corrected chi connectivity index (χ0v) is 29.7. The fourth-order valence-corrected chi connectivity index (χ4v) is 7.01. The molecule has 0 heterocycles. The zero-order valence-electron chi connectivity index (χ0n) is 27.3. The second kappa shape index (κ2) is 15.8. The van der Waals surface area contributed by atoms with Crippen molar-refractivity contribution in [2.45, 2.75) is 71.0 Å². The summed E-state index contributed by atoms with van der Waals surface area (Å²) < 4.78 is 29.7. The van der Waals surface area contributed by atoms with Crippen molar-refractivity contribution in [1.29, 1.82) is 0 Å². The lowest BCUT2D eigenvalue weighted by atomic mass is 10.0. The van der Waals surface area contributed by atoms with Crippen molar-refractivity contribution < 1.29 is 18.0 Å². The summed E-state index contributed by atoms with van der Waals surface area (Å²) in [6, 6.07) is 25.3. The van der Waals surface area contributed by atoms with Crippen LogP contribution < -0.4 is 9.62 Å². The molecule has 0 bridgehead atoms. The lowest BCUT2D eigenvalue weighted by Crippen LogP contribution is -2.54. The van der Waals surface area contributed by atoms with Gasteiger partial charge in [0, 0.05) is 19.0 Å². The summed E-state index contributed by atoms with van der Waals surface area (Å²) >= 11 is 12.6. The van der Waals surface area contributed by atoms with Gasteiger partial charge in [0.15, 0.2) is 0 Å². The van der Waals surface area contributed by atoms with E-state index in [-0.39, 0.29) is 29.8 Å². The molecule has 0 saturated heterocycles. The fourth-order valence-electron chi connectivity index (χ4n) is 5.29. The van der Waals surface area contributed by atoms with Gasteiger partial charge in [-0.2, -0.15) is 0 Å². The van der Waals surface area contributed by atoms with E-state index in [4.69, 9.17) is 23.2 Å². The van der Waals surface area contributed by atoms with Crippen LogP contribution in [0.15, 0.2) is 95.9 Å². The van der Waals surface area contributed by atoms with Gasteiger partial charge in [0.25, 0.3) is 10.0 Å². The maximum atomic E-state index is 14.7. The maximum absolute atomic E-state index is 14.7. The van der Waals surface area contributed by atoms with Gasteiger partial charge in [-0.1, -0.05) is 90.3 Å². The predicted molar refractivity (Wildman–Crippen MR) is 190 cm³/mol. The molecule has 1 N–H and O–H groups in total. The Hall–Kier alpha value is -3.85. The number of nitrogens with one attached hydrogen (secondary N) is 1. The molecule has 2 atom stereocenters. The van der Waals surface area contributed by atoms with E-state index in [0.717, 1.165) is 26.6 Å². The van der Waals surface area contributed by atoms with Crippen molar-refractivity contribution in [3.63, 3.8) is 0 Å². The molecule has 0 aliphatic rings. The lowest BCUT2D eigenvalue weighted by molar-refractivity contribution is -0.140. The highest BCUT2D eigenvalue weighted by atomic mass is 35.5. The van der Waals surface area contributed by atoms with E-state index in [2.05, 4.69) is 5.32 Å². The first-order valence-electron chi connectivity index (χ1n) is 15.5. The summed E-state index contributed by atoms with van der Waals surface area (Å²) in [5.41, 5.74) is 4.44. The van der Waals surface area contributed by atoms with Gasteiger partial charge in [-0.05, 0) is 92.8 Å². The van der Waals surface area contributed by atoms with E-state index >= 15 is 0 Å². The number of nitrogens with zero attached hydrogens (tertiary/aromatic N) is 2. The van der Waals surface area contributed by atoms with Crippen LogP contribution in [0.3, 0.4) is 0 Å². The Balaban J connectivity index is 1.85. The Bertz CT molecular complexity index is 1800. The lowest BCUT2D eigenvalue weighted by Gasteiger charge is -2.34. The van der Waals surface area contributed by atoms with Crippen molar-refractivity contribution in [1.82, 2.24) is 10.2 Å². The van der Waals surface area contributed by atoms with E-state index in [1.165, 1.54) is 17.0 Å². The average Bonchev–Trinajstić information content (AvgIpc) is 3.03. The van der Waals surface area contributed by atoms with Gasteiger partial charge in [-0.25, -0.2) is 8.42 Å². The van der Waals surface area contributed by atoms with Crippen molar-refractivity contribution >= 4 is 50.7 Å². The number of hydrogen-bond acceptors (Lipinski definition) is 4. The van der Waals surface area contributed by atoms with E-state index in [0.29, 0.717) is 27.7 Å². The molecule has 0 radical (unpaired) electrons. The number of carbonyl (C=O) groups excluding carboxylic acids is 2. The summed E-state index contributed by atoms with van der Waals surface area (Å²) in [6.07, 6.45) is 0.907. The van der Waals surface area contributed by atoms with Crippen LogP contribution in [0.4, 0.5) is 5.69 Å². The van der Waals surface area contributed by atoms with Gasteiger partial charge in [0.2, 0.25) is 11.8 Å². The number of carbonyl (C=O) groups is 2. The first-order valence-corrected chi connectivity index (χ1v) is 17.7. The first kappa shape index (κ1) is 36.0. The molecule has 0 aliphatic carbocycles. The first-order chi connectivity index (χ1) is 22.3. The Morgan fingerprint density at radius 2 is 1.43 bits per heavy atom. The van der Waals surface area contributed by atoms with Crippen LogP contribution in [-0.4, -0.2) is 43.8 Å². The second-order valence-corrected chi connectivity index (χ2v) is 14.6. The molecule has 47 heavy (non-hydrogen) atoms. The van der Waals surface area contributed by atoms with Gasteiger partial charge in [-0.15, -0.1) is 0 Å². The van der Waals surface area contributed by atoms with Crippen LogP contribution in [0.2, 0.25) is 10.0 Å². The number of aryl methyl sites for hydroxylation is 3. The topological polar surface area (TPSA) is 86.8 Å². The Morgan fingerprint density at radius 1 is 0.787 bits per heavy atom. The van der Waals surface area contributed by atoms with Gasteiger partial charge < -0.3 is 10.2 Å². The predicted octanol–water partition coefficient (Wildman–Crippen LogP) is 7.67. The van der Waals surface area contributed by atoms with E-state index in [1.54, 1.807) is 42.5 Å². The van der Waals surface area contributed by atoms with Crippen molar-refractivity contribution in [2.24, 2.45) is 0 Å². The third-order valence-corrected chi connectivity index (χ3v) is 10.5. The number of halogens is 2. The summed E-state index contributed by atoms with van der Waals surface area (Å²) in [5.74, 6) is -0.887. The smallest absolute Gasteiger partial charge is 0.264 e. The summed E-state index contributed by atoms with van der Waals surface area (Å²) in [7, 11) is -4.20. The van der Waals surface area contributed by atoms with Gasteiger partial charge in [0.05, 0.1) is 20.6 Å². The SMILES string of the molecule is CC[C@@H](C)NC(=O)[C@@H](Cc1ccccc1)N(Cc1ccc(Cl)c(Cl)c1)C(=O)CN(c1cc(C)cc(C)c1)S(=O)(=O)c1ccc(C)cc1. The number of rotatable bonds is 13. The minimum Gasteiger partial charge on any atom is -0.352 e. The summed E-state index contributed by atoms with van der Waals surface area (Å²) in [5, 5.41) is 3.70. The van der Waals surface area contributed by atoms with E-state index in [9.17, 15) is 18.0 Å². The van der Waals surface area contributed by atoms with Crippen LogP contribution in [0, 0.1) is 20.8 Å². The van der Waals surface area contributed by atoms with Crippen LogP contribution >= 0.6 is 23.2 Å². The fraction of sp³-hybridized carbons (Fsp3) is 0.297. The molecule has 4 rings (SSSR count). The maximum Gasteiger partial charge on any atom is 0.264 e. The van der Waals surface area contributed by atoms with Crippen LogP contribution in [0.5, 0.6) is 0 Å². The molecule has 0 unspecified atom stereocenters. The van der Waals surface area contributed by atoms with Gasteiger partial charge in [0.1, 0.15) is 12.6 Å². The van der Waals surface area contributed by atoms with Gasteiger partial charge >= 0.3 is 0 Å². The second-order valence-electron chi connectivity index (χ2n) is 12.0. The molecule has 10 heteroatoms. The van der Waals surface area contributed by atoms with Crippen molar-refractivity contribution in [3.8, 4) is 0 Å². The largest absolute Gasteiger partial charge is 0.352 e. The van der Waals surface area contributed by atoms with E-state index in [1.807, 2.05) is 71.0 Å². The van der Waals surface area contributed by atoms with Crippen LogP contribution in [0.1, 0.15) is 48.1 Å². The molecular formula is C37H41Cl2N3O4S. The number of amides is 2. The minimum atomic E-state index is -4.20. The molecule has 0 saturated carbocycles. The molecule has 248 valence electrons. The number of anilines is 1. The molecule has 0 aromatic heterocycles. The Morgan fingerprint density at radius 3 is 2.02 bits per heavy atom. The summed E-state index contributed by atoms with van der Waals surface area (Å²) in [6.45, 7) is 8.95. The molecular weight excluding hydrogens is 653 g/mol. The van der Waals surface area contributed by atoms with Crippen molar-refractivity contribution in [2.75, 3.05) is 10.8 Å². The number of benzene rings is 4. The third kappa shape index (κ3) is 9.37. The normalized spacial score (nSPS) is 12.7. The van der Waals surface area contributed by atoms with Crippen LogP contribution in [0.25, 0.3) is 0 Å². The van der Waals surface area contributed by atoms with Gasteiger partial charge in [-0.3, -0.25) is 13.9 Å². The highest BCUT2D eigenvalue weighted by Crippen LogP contribution is 2.28. The highest BCUT2D eigenvalue weighted by Gasteiger charge is 2.35. The molecule has 7 nitrogen and oxygen atoms in total. The molecule has 0 aliphatic heterocycles. The minimum absolute atomic E-state index is 0.00753. The Kier molecular flexibility index (Phi) is 12.1. The van der Waals surface area contributed by atoms with Crippen molar-refractivity contribution in [3.05, 3.63) is 129 Å². The zero-order chi connectivity index (χ0) is 34.3. The molecule has 0 spiro atoms. The molecule has 2 amide bonds. The monoisotopic (exact) mass is 693 g/mol. The quantitative estimate of drug-likeness (QED) is 0.156. The number of sulfonamides is 1. The highest BCUT2D eigenvalue weighted by molar-refractivity contribution is 7.92. The Labute approximate surface area is 288 Å². The third-order valence-electron chi connectivity index (χ3n) is 7.99. The average molecular weight is 695 g/mol. The standard InChI is InChI=1S/C37H41Cl2N3O4S/c1-6-28(5)40-37(44)35(22-29-10-8-7-9-11-29)41(23-30-14-17-33(38)34(39)21-30)36(43)24-42(31-19-26(3)18-27(4)20-31)47(45,46)32-15-12-25(2)13-16-32/h7-21,28,35H,6,22-24H2,1-5H3,(H,40,44)/t28-,35-/m1/s1.